The summed E-state index contributed by atoms with van der Waals surface area (Å²) in [6.07, 6.45) is -3.13. The summed E-state index contributed by atoms with van der Waals surface area (Å²) in [6, 6.07) is 16.9. The fourth-order valence-electron chi connectivity index (χ4n) is 3.95. The van der Waals surface area contributed by atoms with E-state index >= 15 is 0 Å². The molecule has 0 heterocycles. The molecule has 0 radical (unpaired) electrons. The normalized spacial score (nSPS) is 16.8. The first-order valence-corrected chi connectivity index (χ1v) is 11.8. The third-order valence-corrected chi connectivity index (χ3v) is 5.91. The van der Waals surface area contributed by atoms with Crippen LogP contribution < -0.4 is 10.6 Å². The number of hydrogen-bond acceptors (Lipinski definition) is 2. The molecule has 1 unspecified atom stereocenters. The van der Waals surface area contributed by atoms with Gasteiger partial charge in [-0.3, -0.25) is 0 Å². The van der Waals surface area contributed by atoms with Crippen molar-refractivity contribution in [3.8, 4) is 11.1 Å². The monoisotopic (exact) mass is 542 g/mol. The van der Waals surface area contributed by atoms with Crippen LogP contribution in [0.15, 0.2) is 85.2 Å². The molecule has 1 fully saturated rings. The van der Waals surface area contributed by atoms with Crippen molar-refractivity contribution in [3.05, 3.63) is 102 Å². The molecule has 0 amide bonds. The average molecular weight is 543 g/mol. The maximum absolute atomic E-state index is 13.8. The molecule has 3 aromatic rings. The first kappa shape index (κ1) is 29.0. The molecule has 2 N–H and O–H groups in total. The number of alkyl halides is 6. The zero-order chi connectivity index (χ0) is 27.9. The quantitative estimate of drug-likeness (QED) is 0.292. The van der Waals surface area contributed by atoms with Crippen molar-refractivity contribution in [3.63, 3.8) is 0 Å². The van der Waals surface area contributed by atoms with Crippen LogP contribution in [-0.2, 0) is 5.92 Å². The van der Waals surface area contributed by atoms with E-state index in [2.05, 4.69) is 17.2 Å². The summed E-state index contributed by atoms with van der Waals surface area (Å²) in [7, 11) is 0. The maximum Gasteiger partial charge on any atom is 0.332 e. The highest BCUT2D eigenvalue weighted by atomic mass is 19.3. The maximum atomic E-state index is 13.8. The van der Waals surface area contributed by atoms with Gasteiger partial charge in [-0.1, -0.05) is 55.5 Å². The second-order valence-corrected chi connectivity index (χ2v) is 8.83. The van der Waals surface area contributed by atoms with Gasteiger partial charge in [0.2, 0.25) is 0 Å². The Morgan fingerprint density at radius 2 is 1.50 bits per heavy atom. The van der Waals surface area contributed by atoms with Gasteiger partial charge in [-0.2, -0.15) is 8.78 Å². The van der Waals surface area contributed by atoms with Crippen molar-refractivity contribution in [2.24, 2.45) is 0 Å². The lowest BCUT2D eigenvalue weighted by Crippen LogP contribution is -2.47. The average Bonchev–Trinajstić information content (AvgIpc) is 2.86. The first-order chi connectivity index (χ1) is 17.9. The van der Waals surface area contributed by atoms with Crippen LogP contribution in [0.5, 0.6) is 0 Å². The van der Waals surface area contributed by atoms with Gasteiger partial charge in [0.25, 0.3) is 5.92 Å². The van der Waals surface area contributed by atoms with Crippen LogP contribution in [-0.4, -0.2) is 18.4 Å². The molecule has 3 aromatic carbocycles. The number of halogens is 8. The predicted octanol–water partition coefficient (Wildman–Crippen LogP) is 8.73. The van der Waals surface area contributed by atoms with Crippen LogP contribution >= 0.6 is 0 Å². The molecule has 1 aliphatic carbocycles. The Bertz CT molecular complexity index is 1200. The van der Waals surface area contributed by atoms with Gasteiger partial charge in [0, 0.05) is 17.7 Å². The van der Waals surface area contributed by atoms with E-state index in [1.807, 2.05) is 30.3 Å². The summed E-state index contributed by atoms with van der Waals surface area (Å²) in [5.74, 6) is -9.03. The predicted molar refractivity (Wildman–Crippen MR) is 131 cm³/mol. The SMILES string of the molecule is C=C(Nc1cc(F)cc(C(F)(F)C(F)F)c1)NC1CCCCC1(F)F.Fc1ccc(-c2ccccc2)cc1. The van der Waals surface area contributed by atoms with E-state index < -0.39 is 35.7 Å². The molecule has 0 saturated heterocycles. The van der Waals surface area contributed by atoms with Gasteiger partial charge in [0.15, 0.2) is 0 Å². The first-order valence-electron chi connectivity index (χ1n) is 11.8. The lowest BCUT2D eigenvalue weighted by Gasteiger charge is -2.33. The van der Waals surface area contributed by atoms with E-state index in [1.165, 1.54) is 12.1 Å². The van der Waals surface area contributed by atoms with Gasteiger partial charge in [-0.05, 0) is 54.3 Å². The van der Waals surface area contributed by atoms with Crippen LogP contribution in [0.3, 0.4) is 0 Å². The molecule has 1 saturated carbocycles. The Morgan fingerprint density at radius 3 is 2.11 bits per heavy atom. The van der Waals surface area contributed by atoms with Crippen LogP contribution in [0.4, 0.5) is 40.8 Å². The molecule has 204 valence electrons. The molecular formula is C28H26F8N2. The van der Waals surface area contributed by atoms with Crippen molar-refractivity contribution in [1.29, 1.82) is 0 Å². The summed E-state index contributed by atoms with van der Waals surface area (Å²) in [5, 5.41) is 4.81. The van der Waals surface area contributed by atoms with Crippen molar-refractivity contribution < 1.29 is 35.1 Å². The minimum absolute atomic E-state index is 0.163. The smallest absolute Gasteiger partial charge is 0.332 e. The highest BCUT2D eigenvalue weighted by Gasteiger charge is 2.43. The Balaban J connectivity index is 0.000000256. The molecule has 1 atom stereocenters. The molecule has 0 aromatic heterocycles. The third-order valence-electron chi connectivity index (χ3n) is 5.91. The van der Waals surface area contributed by atoms with Crippen LogP contribution in [0, 0.1) is 11.6 Å². The highest BCUT2D eigenvalue weighted by Crippen LogP contribution is 2.37. The van der Waals surface area contributed by atoms with Crippen molar-refractivity contribution >= 4 is 5.69 Å². The number of rotatable bonds is 7. The van der Waals surface area contributed by atoms with Gasteiger partial charge < -0.3 is 10.6 Å². The number of nitrogens with one attached hydrogen (secondary N) is 2. The molecule has 0 aliphatic heterocycles. The summed E-state index contributed by atoms with van der Waals surface area (Å²) in [6.45, 7) is 3.45. The summed E-state index contributed by atoms with van der Waals surface area (Å²) in [4.78, 5) is 0. The minimum Gasteiger partial charge on any atom is -0.363 e. The topological polar surface area (TPSA) is 24.1 Å². The Morgan fingerprint density at radius 1 is 0.868 bits per heavy atom. The molecule has 2 nitrogen and oxygen atoms in total. The molecular weight excluding hydrogens is 516 g/mol. The zero-order valence-corrected chi connectivity index (χ0v) is 20.1. The van der Waals surface area contributed by atoms with Gasteiger partial charge in [-0.25, -0.2) is 26.3 Å². The van der Waals surface area contributed by atoms with Crippen molar-refractivity contribution in [2.45, 2.75) is 50.0 Å². The second-order valence-electron chi connectivity index (χ2n) is 8.83. The van der Waals surface area contributed by atoms with E-state index in [9.17, 15) is 35.1 Å². The molecule has 0 spiro atoms. The van der Waals surface area contributed by atoms with Crippen molar-refractivity contribution in [1.82, 2.24) is 5.32 Å². The third kappa shape index (κ3) is 7.72. The zero-order valence-electron chi connectivity index (χ0n) is 20.1. The molecule has 38 heavy (non-hydrogen) atoms. The fourth-order valence-corrected chi connectivity index (χ4v) is 3.95. The van der Waals surface area contributed by atoms with E-state index in [-0.39, 0.29) is 30.2 Å². The van der Waals surface area contributed by atoms with Gasteiger partial charge >= 0.3 is 12.3 Å². The molecule has 1 aliphatic rings. The van der Waals surface area contributed by atoms with E-state index in [1.54, 1.807) is 12.1 Å². The van der Waals surface area contributed by atoms with Gasteiger partial charge in [0.1, 0.15) is 11.6 Å². The number of anilines is 1. The van der Waals surface area contributed by atoms with Gasteiger partial charge in [-0.15, -0.1) is 0 Å². The number of benzene rings is 3. The molecule has 4 rings (SSSR count). The second kappa shape index (κ2) is 12.3. The van der Waals surface area contributed by atoms with Crippen LogP contribution in [0.1, 0.15) is 31.2 Å². The largest absolute Gasteiger partial charge is 0.363 e. The van der Waals surface area contributed by atoms with Crippen LogP contribution in [0.25, 0.3) is 11.1 Å². The Labute approximate surface area is 215 Å². The molecule has 10 heteroatoms. The lowest BCUT2D eigenvalue weighted by molar-refractivity contribution is -0.135. The Kier molecular flexibility index (Phi) is 9.40. The number of hydrogen-bond donors (Lipinski definition) is 2. The lowest BCUT2D eigenvalue weighted by atomic mass is 9.91. The fraction of sp³-hybridized carbons (Fsp3) is 0.286. The summed E-state index contributed by atoms with van der Waals surface area (Å²) >= 11 is 0. The minimum atomic E-state index is -4.54. The van der Waals surface area contributed by atoms with Crippen molar-refractivity contribution in [2.75, 3.05) is 5.32 Å². The van der Waals surface area contributed by atoms with Gasteiger partial charge in [0.05, 0.1) is 11.9 Å². The summed E-state index contributed by atoms with van der Waals surface area (Å²) in [5.41, 5.74) is 0.636. The Hall–Kier alpha value is -3.56. The van der Waals surface area contributed by atoms with E-state index in [0.717, 1.165) is 17.2 Å². The van der Waals surface area contributed by atoms with E-state index in [4.69, 9.17) is 0 Å². The van der Waals surface area contributed by atoms with E-state index in [0.29, 0.717) is 25.0 Å². The standard InChI is InChI=1S/C16H17F7N2.C12H9F/c1-9(25-13-4-2-3-5-15(13,20)21)24-12-7-10(6-11(17)8-12)16(22,23)14(18)19;13-12-8-6-11(7-9-12)10-4-2-1-3-5-10/h6-8,13-14,24-25H,1-5H2;1-9H. The highest BCUT2D eigenvalue weighted by molar-refractivity contribution is 5.62. The summed E-state index contributed by atoms with van der Waals surface area (Å²) < 4.78 is 105. The molecule has 0 bridgehead atoms. The van der Waals surface area contributed by atoms with Crippen LogP contribution in [0.2, 0.25) is 0 Å².